The molecule has 1 unspecified atom stereocenters. The second-order valence-electron chi connectivity index (χ2n) is 6.89. The second-order valence-corrected chi connectivity index (χ2v) is 7.75. The highest BCUT2D eigenvalue weighted by Gasteiger charge is 2.38. The van der Waals surface area contributed by atoms with E-state index in [1.165, 1.54) is 0 Å². The third kappa shape index (κ3) is 5.03. The van der Waals surface area contributed by atoms with Gasteiger partial charge in [-0.05, 0) is 47.0 Å². The van der Waals surface area contributed by atoms with E-state index in [0.29, 0.717) is 26.1 Å². The smallest absolute Gasteiger partial charge is 0.242 e. The molecule has 0 bridgehead atoms. The van der Waals surface area contributed by atoms with E-state index in [2.05, 4.69) is 21.2 Å². The molecule has 1 atom stereocenters. The molecule has 0 aliphatic carbocycles. The van der Waals surface area contributed by atoms with Crippen LogP contribution in [-0.2, 0) is 20.9 Å². The Morgan fingerprint density at radius 3 is 2.52 bits per heavy atom. The molecule has 0 aromatic heterocycles. The Kier molecular flexibility index (Phi) is 7.04. The molecule has 1 heterocycles. The molecule has 2 aromatic rings. The third-order valence-electron chi connectivity index (χ3n) is 5.03. The van der Waals surface area contributed by atoms with E-state index in [0.717, 1.165) is 15.7 Å². The van der Waals surface area contributed by atoms with E-state index in [4.69, 9.17) is 0 Å². The van der Waals surface area contributed by atoms with Gasteiger partial charge in [-0.25, -0.2) is 0 Å². The van der Waals surface area contributed by atoms with Crippen LogP contribution < -0.4 is 10.2 Å². The molecule has 7 heteroatoms. The van der Waals surface area contributed by atoms with E-state index in [-0.39, 0.29) is 18.4 Å². The summed E-state index contributed by atoms with van der Waals surface area (Å²) in [5.41, 5.74) is 1.79. The first-order valence-electron chi connectivity index (χ1n) is 9.66. The highest BCUT2D eigenvalue weighted by atomic mass is 79.9. The number of carbonyl (C=O) groups is 3. The van der Waals surface area contributed by atoms with Gasteiger partial charge in [0.15, 0.2) is 0 Å². The lowest BCUT2D eigenvalue weighted by Gasteiger charge is -2.22. The lowest BCUT2D eigenvalue weighted by atomic mass is 10.1. The first-order valence-corrected chi connectivity index (χ1v) is 10.5. The van der Waals surface area contributed by atoms with Gasteiger partial charge < -0.3 is 15.1 Å². The fourth-order valence-electron chi connectivity index (χ4n) is 3.41. The predicted octanol–water partition coefficient (Wildman–Crippen LogP) is 2.97. The van der Waals surface area contributed by atoms with Gasteiger partial charge in [-0.15, -0.1) is 0 Å². The zero-order valence-electron chi connectivity index (χ0n) is 16.3. The van der Waals surface area contributed by atoms with Gasteiger partial charge >= 0.3 is 0 Å². The topological polar surface area (TPSA) is 69.7 Å². The minimum Gasteiger partial charge on any atom is -0.346 e. The van der Waals surface area contributed by atoms with E-state index in [1.54, 1.807) is 9.80 Å². The van der Waals surface area contributed by atoms with Gasteiger partial charge in [0.05, 0.1) is 12.2 Å². The van der Waals surface area contributed by atoms with Gasteiger partial charge in [-0.3, -0.25) is 14.4 Å². The van der Waals surface area contributed by atoms with Crippen LogP contribution in [0.25, 0.3) is 0 Å². The normalized spacial score (nSPS) is 16.0. The van der Waals surface area contributed by atoms with Crippen LogP contribution in [0.2, 0.25) is 0 Å². The Balaban J connectivity index is 1.55. The molecule has 152 valence electrons. The fraction of sp³-hybridized carbons (Fsp3) is 0.318. The summed E-state index contributed by atoms with van der Waals surface area (Å²) in [5.74, 6) is -1.57. The minimum absolute atomic E-state index is 0.113. The van der Waals surface area contributed by atoms with Crippen LogP contribution in [0.5, 0.6) is 0 Å². The van der Waals surface area contributed by atoms with E-state index in [9.17, 15) is 14.4 Å². The highest BCUT2D eigenvalue weighted by Crippen LogP contribution is 2.31. The molecular weight excluding hydrogens is 434 g/mol. The molecule has 3 amide bonds. The van der Waals surface area contributed by atoms with Crippen molar-refractivity contribution in [2.45, 2.75) is 19.9 Å². The number of hydrogen-bond donors (Lipinski definition) is 1. The Bertz CT molecular complexity index is 888. The first kappa shape index (κ1) is 21.0. The highest BCUT2D eigenvalue weighted by molar-refractivity contribution is 9.10. The molecule has 1 fully saturated rings. The lowest BCUT2D eigenvalue weighted by Crippen LogP contribution is -2.43. The number of rotatable bonds is 7. The van der Waals surface area contributed by atoms with Crippen molar-refractivity contribution in [1.29, 1.82) is 0 Å². The molecule has 29 heavy (non-hydrogen) atoms. The average Bonchev–Trinajstić information content (AvgIpc) is 3.12. The van der Waals surface area contributed by atoms with Gasteiger partial charge in [0.25, 0.3) is 0 Å². The molecule has 1 aliphatic heterocycles. The number of amides is 3. The van der Waals surface area contributed by atoms with Gasteiger partial charge in [-0.2, -0.15) is 0 Å². The van der Waals surface area contributed by atoms with Crippen LogP contribution in [0.3, 0.4) is 0 Å². The number of carbonyl (C=O) groups excluding carboxylic acids is 3. The van der Waals surface area contributed by atoms with Crippen molar-refractivity contribution < 1.29 is 14.4 Å². The maximum absolute atomic E-state index is 12.7. The second kappa shape index (κ2) is 9.69. The Morgan fingerprint density at radius 2 is 1.83 bits per heavy atom. The number of hydrogen-bond acceptors (Lipinski definition) is 3. The number of nitrogens with zero attached hydrogens (tertiary/aromatic N) is 2. The van der Waals surface area contributed by atoms with Crippen LogP contribution in [0.4, 0.5) is 5.69 Å². The van der Waals surface area contributed by atoms with Crippen molar-refractivity contribution in [1.82, 2.24) is 10.2 Å². The summed E-state index contributed by atoms with van der Waals surface area (Å²) in [6.45, 7) is 3.30. The number of benzene rings is 2. The van der Waals surface area contributed by atoms with Crippen molar-refractivity contribution in [3.05, 3.63) is 64.6 Å². The lowest BCUT2D eigenvalue weighted by molar-refractivity contribution is -0.136. The van der Waals surface area contributed by atoms with Gasteiger partial charge in [0.2, 0.25) is 17.7 Å². The predicted molar refractivity (Wildman–Crippen MR) is 115 cm³/mol. The van der Waals surface area contributed by atoms with Gasteiger partial charge in [0, 0.05) is 24.1 Å². The fourth-order valence-corrected chi connectivity index (χ4v) is 3.91. The van der Waals surface area contributed by atoms with Crippen molar-refractivity contribution in [3.8, 4) is 0 Å². The number of halogens is 1. The van der Waals surface area contributed by atoms with Crippen molar-refractivity contribution in [2.75, 3.05) is 24.5 Å². The summed E-state index contributed by atoms with van der Waals surface area (Å²) < 4.78 is 0.809. The number of likely N-dealkylation sites (N-methyl/N-ethyl adjacent to an activating group) is 1. The molecule has 1 aliphatic rings. The maximum Gasteiger partial charge on any atom is 0.242 e. The summed E-state index contributed by atoms with van der Waals surface area (Å²) in [6, 6.07) is 17.1. The maximum atomic E-state index is 12.7. The molecule has 6 nitrogen and oxygen atoms in total. The minimum atomic E-state index is -0.765. The number of nitrogens with one attached hydrogen (secondary N) is 1. The molecule has 0 spiro atoms. The van der Waals surface area contributed by atoms with Crippen LogP contribution >= 0.6 is 15.9 Å². The summed E-state index contributed by atoms with van der Waals surface area (Å²) in [7, 11) is 0. The van der Waals surface area contributed by atoms with Crippen molar-refractivity contribution in [3.63, 3.8) is 0 Å². The summed E-state index contributed by atoms with van der Waals surface area (Å²) in [4.78, 5) is 41.1. The summed E-state index contributed by atoms with van der Waals surface area (Å²) in [5, 5.41) is 2.65. The Morgan fingerprint density at radius 1 is 1.14 bits per heavy atom. The van der Waals surface area contributed by atoms with Gasteiger partial charge in [-0.1, -0.05) is 42.5 Å². The monoisotopic (exact) mass is 457 g/mol. The number of anilines is 1. The molecule has 0 radical (unpaired) electrons. The largest absolute Gasteiger partial charge is 0.346 e. The number of para-hydroxylation sites is 1. The molecule has 1 saturated heterocycles. The van der Waals surface area contributed by atoms with Crippen LogP contribution in [0.15, 0.2) is 59.1 Å². The third-order valence-corrected chi connectivity index (χ3v) is 5.70. The quantitative estimate of drug-likeness (QED) is 0.649. The van der Waals surface area contributed by atoms with Crippen LogP contribution in [0, 0.1) is 5.92 Å². The van der Waals surface area contributed by atoms with E-state index in [1.807, 2.05) is 61.5 Å². The summed E-state index contributed by atoms with van der Waals surface area (Å²) >= 11 is 3.45. The van der Waals surface area contributed by atoms with Crippen LogP contribution in [0.1, 0.15) is 18.9 Å². The zero-order valence-corrected chi connectivity index (χ0v) is 17.9. The SMILES string of the molecule is CCN(Cc1ccccc1)C(=O)CNC(=O)C1CCN(c2ccccc2Br)C1=O. The Labute approximate surface area is 179 Å². The first-order chi connectivity index (χ1) is 14.0. The van der Waals surface area contributed by atoms with E-state index < -0.39 is 11.8 Å². The standard InChI is InChI=1S/C22H24BrN3O3/c1-2-25(15-16-8-4-3-5-9-16)20(27)14-24-21(28)17-12-13-26(22(17)29)19-11-7-6-10-18(19)23/h3-11,17H,2,12-15H2,1H3,(H,24,28). The van der Waals surface area contributed by atoms with Crippen LogP contribution in [-0.4, -0.2) is 42.3 Å². The van der Waals surface area contributed by atoms with E-state index >= 15 is 0 Å². The summed E-state index contributed by atoms with van der Waals surface area (Å²) in [6.07, 6.45) is 0.432. The van der Waals surface area contributed by atoms with Crippen molar-refractivity contribution >= 4 is 39.3 Å². The average molecular weight is 458 g/mol. The zero-order chi connectivity index (χ0) is 20.8. The molecule has 0 saturated carbocycles. The van der Waals surface area contributed by atoms with Gasteiger partial charge in [0.1, 0.15) is 5.92 Å². The van der Waals surface area contributed by atoms with Crippen molar-refractivity contribution in [2.24, 2.45) is 5.92 Å². The molecule has 2 aromatic carbocycles. The molecular formula is C22H24BrN3O3. The molecule has 1 N–H and O–H groups in total. The Hall–Kier alpha value is -2.67. The molecule has 3 rings (SSSR count).